The van der Waals surface area contributed by atoms with E-state index < -0.39 is 0 Å². The highest BCUT2D eigenvalue weighted by Crippen LogP contribution is 2.20. The highest BCUT2D eigenvalue weighted by molar-refractivity contribution is 6.12. The van der Waals surface area contributed by atoms with Crippen LogP contribution in [-0.4, -0.2) is 47.2 Å². The molecular formula is C15H22N2O3. The third kappa shape index (κ3) is 3.46. The van der Waals surface area contributed by atoms with Crippen LogP contribution in [0, 0.1) is 5.92 Å². The van der Waals surface area contributed by atoms with E-state index in [0.29, 0.717) is 25.3 Å². The lowest BCUT2D eigenvalue weighted by molar-refractivity contribution is -0.136. The molecule has 0 spiro atoms. The van der Waals surface area contributed by atoms with Gasteiger partial charge in [-0.1, -0.05) is 13.3 Å². The van der Waals surface area contributed by atoms with E-state index in [2.05, 4.69) is 6.92 Å². The number of nitrogens with zero attached hydrogens (tertiary/aromatic N) is 2. The number of rotatable bonds is 6. The second-order valence-corrected chi connectivity index (χ2v) is 5.52. The van der Waals surface area contributed by atoms with Crippen molar-refractivity contribution < 1.29 is 14.4 Å². The average Bonchev–Trinajstić information content (AvgIpc) is 3.03. The van der Waals surface area contributed by atoms with Crippen molar-refractivity contribution in [3.8, 4) is 0 Å². The molecule has 0 unspecified atom stereocenters. The summed E-state index contributed by atoms with van der Waals surface area (Å²) in [6.45, 7) is 4.35. The van der Waals surface area contributed by atoms with E-state index in [-0.39, 0.29) is 17.7 Å². The topological polar surface area (TPSA) is 57.7 Å². The van der Waals surface area contributed by atoms with Gasteiger partial charge in [-0.05, 0) is 25.2 Å². The first-order valence-electron chi connectivity index (χ1n) is 7.43. The highest BCUT2D eigenvalue weighted by Gasteiger charge is 2.25. The molecule has 1 atom stereocenters. The molecule has 110 valence electrons. The van der Waals surface area contributed by atoms with Crippen molar-refractivity contribution >= 4 is 17.7 Å². The zero-order chi connectivity index (χ0) is 14.5. The van der Waals surface area contributed by atoms with Gasteiger partial charge in [-0.25, -0.2) is 0 Å². The molecule has 2 aliphatic rings. The Balaban J connectivity index is 1.63. The molecule has 3 amide bonds. The van der Waals surface area contributed by atoms with Gasteiger partial charge in [0.2, 0.25) is 5.91 Å². The number of hydrogen-bond acceptors (Lipinski definition) is 3. The van der Waals surface area contributed by atoms with Crippen LogP contribution in [0.25, 0.3) is 0 Å². The summed E-state index contributed by atoms with van der Waals surface area (Å²) in [6.07, 6.45) is 6.77. The van der Waals surface area contributed by atoms with Crippen LogP contribution in [0.1, 0.15) is 39.0 Å². The monoisotopic (exact) mass is 278 g/mol. The lowest BCUT2D eigenvalue weighted by Crippen LogP contribution is -2.31. The van der Waals surface area contributed by atoms with Gasteiger partial charge in [-0.2, -0.15) is 0 Å². The fourth-order valence-corrected chi connectivity index (χ4v) is 2.75. The van der Waals surface area contributed by atoms with Crippen LogP contribution in [0.4, 0.5) is 0 Å². The first-order chi connectivity index (χ1) is 9.61. The van der Waals surface area contributed by atoms with Crippen molar-refractivity contribution in [3.63, 3.8) is 0 Å². The largest absolute Gasteiger partial charge is 0.342 e. The molecule has 5 heteroatoms. The summed E-state index contributed by atoms with van der Waals surface area (Å²) >= 11 is 0. The van der Waals surface area contributed by atoms with E-state index in [0.717, 1.165) is 32.4 Å². The molecule has 20 heavy (non-hydrogen) atoms. The van der Waals surface area contributed by atoms with E-state index in [4.69, 9.17) is 0 Å². The van der Waals surface area contributed by atoms with Crippen molar-refractivity contribution in [3.05, 3.63) is 12.2 Å². The van der Waals surface area contributed by atoms with Gasteiger partial charge in [-0.15, -0.1) is 0 Å². The zero-order valence-electron chi connectivity index (χ0n) is 12.0. The SMILES string of the molecule is CC[C@@H]1CCN(C(=O)CCCCN2C(=O)C=CC2=O)C1. The Hall–Kier alpha value is -1.65. The molecule has 1 saturated heterocycles. The molecule has 2 heterocycles. The molecule has 0 aromatic carbocycles. The minimum Gasteiger partial charge on any atom is -0.342 e. The summed E-state index contributed by atoms with van der Waals surface area (Å²) in [7, 11) is 0. The van der Waals surface area contributed by atoms with Crippen molar-refractivity contribution in [1.29, 1.82) is 0 Å². The molecule has 0 aromatic heterocycles. The first-order valence-corrected chi connectivity index (χ1v) is 7.43. The maximum atomic E-state index is 12.0. The van der Waals surface area contributed by atoms with Crippen molar-refractivity contribution in [2.24, 2.45) is 5.92 Å². The molecule has 0 N–H and O–H groups in total. The molecule has 0 bridgehead atoms. The maximum Gasteiger partial charge on any atom is 0.253 e. The average molecular weight is 278 g/mol. The number of unbranched alkanes of at least 4 members (excludes halogenated alkanes) is 1. The zero-order valence-corrected chi connectivity index (χ0v) is 12.0. The molecular weight excluding hydrogens is 256 g/mol. The lowest BCUT2D eigenvalue weighted by Gasteiger charge is -2.17. The van der Waals surface area contributed by atoms with Crippen molar-refractivity contribution in [2.45, 2.75) is 39.0 Å². The van der Waals surface area contributed by atoms with Gasteiger partial charge in [-0.3, -0.25) is 19.3 Å². The number of hydrogen-bond donors (Lipinski definition) is 0. The Morgan fingerprint density at radius 1 is 1.25 bits per heavy atom. The van der Waals surface area contributed by atoms with Crippen LogP contribution in [0.2, 0.25) is 0 Å². The first kappa shape index (κ1) is 14.8. The van der Waals surface area contributed by atoms with Crippen molar-refractivity contribution in [2.75, 3.05) is 19.6 Å². The van der Waals surface area contributed by atoms with Crippen LogP contribution in [0.15, 0.2) is 12.2 Å². The maximum absolute atomic E-state index is 12.0. The molecule has 0 radical (unpaired) electrons. The number of carbonyl (C=O) groups excluding carboxylic acids is 3. The normalized spacial score (nSPS) is 22.1. The van der Waals surface area contributed by atoms with Crippen LogP contribution in [-0.2, 0) is 14.4 Å². The summed E-state index contributed by atoms with van der Waals surface area (Å²) in [5.74, 6) is 0.376. The fourth-order valence-electron chi connectivity index (χ4n) is 2.75. The second kappa shape index (κ2) is 6.68. The van der Waals surface area contributed by atoms with E-state index in [1.54, 1.807) is 0 Å². The summed E-state index contributed by atoms with van der Waals surface area (Å²) in [4.78, 5) is 37.8. The molecule has 0 aliphatic carbocycles. The van der Waals surface area contributed by atoms with Gasteiger partial charge in [0.25, 0.3) is 11.8 Å². The van der Waals surface area contributed by atoms with Crippen LogP contribution < -0.4 is 0 Å². The van der Waals surface area contributed by atoms with Gasteiger partial charge >= 0.3 is 0 Å². The Morgan fingerprint density at radius 3 is 2.55 bits per heavy atom. The summed E-state index contributed by atoms with van der Waals surface area (Å²) in [6, 6.07) is 0. The molecule has 5 nitrogen and oxygen atoms in total. The quantitative estimate of drug-likeness (QED) is 0.544. The highest BCUT2D eigenvalue weighted by atomic mass is 16.2. The minimum absolute atomic E-state index is 0.207. The third-order valence-corrected chi connectivity index (χ3v) is 4.14. The minimum atomic E-state index is -0.244. The second-order valence-electron chi connectivity index (χ2n) is 5.52. The summed E-state index contributed by atoms with van der Waals surface area (Å²) in [5.41, 5.74) is 0. The lowest BCUT2D eigenvalue weighted by atomic mass is 10.1. The molecule has 0 aromatic rings. The van der Waals surface area contributed by atoms with Crippen molar-refractivity contribution in [1.82, 2.24) is 9.80 Å². The number of carbonyl (C=O) groups is 3. The van der Waals surface area contributed by atoms with Crippen LogP contribution in [0.5, 0.6) is 0 Å². The predicted molar refractivity (Wildman–Crippen MR) is 74.7 cm³/mol. The number of likely N-dealkylation sites (tertiary alicyclic amines) is 1. The Kier molecular flexibility index (Phi) is 4.93. The molecule has 2 aliphatic heterocycles. The van der Waals surface area contributed by atoms with Gasteiger partial charge < -0.3 is 4.90 Å². The van der Waals surface area contributed by atoms with E-state index in [1.807, 2.05) is 4.90 Å². The summed E-state index contributed by atoms with van der Waals surface area (Å²) < 4.78 is 0. The molecule has 0 saturated carbocycles. The Morgan fingerprint density at radius 2 is 1.95 bits per heavy atom. The van der Waals surface area contributed by atoms with Crippen LogP contribution in [0.3, 0.4) is 0 Å². The fraction of sp³-hybridized carbons (Fsp3) is 0.667. The van der Waals surface area contributed by atoms with Gasteiger partial charge in [0.15, 0.2) is 0 Å². The van der Waals surface area contributed by atoms with E-state index >= 15 is 0 Å². The van der Waals surface area contributed by atoms with E-state index in [1.165, 1.54) is 17.1 Å². The van der Waals surface area contributed by atoms with Crippen LogP contribution >= 0.6 is 0 Å². The smallest absolute Gasteiger partial charge is 0.253 e. The number of imide groups is 1. The third-order valence-electron chi connectivity index (χ3n) is 4.14. The molecule has 2 rings (SSSR count). The summed E-state index contributed by atoms with van der Waals surface area (Å²) in [5, 5.41) is 0. The van der Waals surface area contributed by atoms with Gasteiger partial charge in [0.1, 0.15) is 0 Å². The Bertz CT molecular complexity index is 413. The number of amides is 3. The standard InChI is InChI=1S/C15H22N2O3/c1-2-12-8-10-16(11-12)13(18)5-3-4-9-17-14(19)6-7-15(17)20/h6-7,12H,2-5,8-11H2,1H3/t12-/m1/s1. The predicted octanol–water partition coefficient (Wildman–Crippen LogP) is 1.34. The molecule has 1 fully saturated rings. The Labute approximate surface area is 119 Å². The van der Waals surface area contributed by atoms with E-state index in [9.17, 15) is 14.4 Å². The van der Waals surface area contributed by atoms with Gasteiger partial charge in [0, 0.05) is 38.2 Å². The van der Waals surface area contributed by atoms with Gasteiger partial charge in [0.05, 0.1) is 0 Å².